The third kappa shape index (κ3) is 4.37. The summed E-state index contributed by atoms with van der Waals surface area (Å²) in [7, 11) is -3.54. The largest absolute Gasteiger partial charge is 0.397 e. The standard InChI is InChI=1S/C17H21N3O3S2.ClH/c1-12-8-9-16(24-12)25(22,23)20-10-4-5-13(11-20)17(21)19-15-7-3-2-6-14(15)18;/h2-3,6-9,13H,4-5,10-11,18H2,1H3,(H,19,21);1H. The van der Waals surface area contributed by atoms with E-state index in [0.717, 1.165) is 4.88 Å². The number of carbonyl (C=O) groups is 1. The highest BCUT2D eigenvalue weighted by molar-refractivity contribution is 7.91. The van der Waals surface area contributed by atoms with E-state index in [0.29, 0.717) is 35.0 Å². The summed E-state index contributed by atoms with van der Waals surface area (Å²) < 4.78 is 27.3. The number of aryl methyl sites for hydroxylation is 1. The first kappa shape index (κ1) is 20.7. The van der Waals surface area contributed by atoms with Crippen molar-refractivity contribution in [1.29, 1.82) is 0 Å². The molecule has 6 nitrogen and oxygen atoms in total. The quantitative estimate of drug-likeness (QED) is 0.750. The van der Waals surface area contributed by atoms with Crippen molar-refractivity contribution in [1.82, 2.24) is 4.31 Å². The molecule has 0 spiro atoms. The number of nitrogens with one attached hydrogen (secondary N) is 1. The molecular formula is C17H22ClN3O3S2. The summed E-state index contributed by atoms with van der Waals surface area (Å²) in [5, 5.41) is 2.81. The van der Waals surface area contributed by atoms with Crippen molar-refractivity contribution in [2.75, 3.05) is 24.1 Å². The van der Waals surface area contributed by atoms with Crippen LogP contribution in [0.4, 0.5) is 11.4 Å². The molecule has 9 heteroatoms. The molecule has 1 fully saturated rings. The fraction of sp³-hybridized carbons (Fsp3) is 0.353. The van der Waals surface area contributed by atoms with Gasteiger partial charge in [0.2, 0.25) is 5.91 Å². The maximum absolute atomic E-state index is 12.8. The number of carbonyl (C=O) groups excluding carboxylic acids is 1. The van der Waals surface area contributed by atoms with Gasteiger partial charge in [-0.3, -0.25) is 4.79 Å². The lowest BCUT2D eigenvalue weighted by molar-refractivity contribution is -0.120. The lowest BCUT2D eigenvalue weighted by Crippen LogP contribution is -2.43. The minimum atomic E-state index is -3.54. The molecule has 1 atom stereocenters. The van der Waals surface area contributed by atoms with Gasteiger partial charge in [0, 0.05) is 18.0 Å². The summed E-state index contributed by atoms with van der Waals surface area (Å²) in [4.78, 5) is 13.5. The average Bonchev–Trinajstić information content (AvgIpc) is 3.04. The normalized spacial score (nSPS) is 18.1. The minimum Gasteiger partial charge on any atom is -0.397 e. The van der Waals surface area contributed by atoms with Crippen LogP contribution < -0.4 is 11.1 Å². The van der Waals surface area contributed by atoms with E-state index in [2.05, 4.69) is 5.32 Å². The molecule has 1 aromatic heterocycles. The fourth-order valence-corrected chi connectivity index (χ4v) is 5.86. The lowest BCUT2D eigenvalue weighted by Gasteiger charge is -2.30. The summed E-state index contributed by atoms with van der Waals surface area (Å²) in [6.45, 7) is 2.51. The highest BCUT2D eigenvalue weighted by atomic mass is 35.5. The van der Waals surface area contributed by atoms with Gasteiger partial charge in [-0.15, -0.1) is 23.7 Å². The van der Waals surface area contributed by atoms with Crippen LogP contribution in [-0.4, -0.2) is 31.7 Å². The molecule has 1 aromatic carbocycles. The number of amides is 1. The van der Waals surface area contributed by atoms with Gasteiger partial charge in [-0.1, -0.05) is 12.1 Å². The SMILES string of the molecule is Cc1ccc(S(=O)(=O)N2CCCC(C(=O)Nc3ccccc3N)C2)s1.Cl. The summed E-state index contributed by atoms with van der Waals surface area (Å²) in [6, 6.07) is 10.5. The first-order chi connectivity index (χ1) is 11.9. The Labute approximate surface area is 163 Å². The number of halogens is 1. The number of rotatable bonds is 4. The smallest absolute Gasteiger partial charge is 0.252 e. The Balaban J connectivity index is 0.00000243. The summed E-state index contributed by atoms with van der Waals surface area (Å²) in [5.41, 5.74) is 6.90. The second kappa shape index (κ2) is 8.39. The van der Waals surface area contributed by atoms with Crippen molar-refractivity contribution in [2.45, 2.75) is 24.0 Å². The van der Waals surface area contributed by atoms with Gasteiger partial charge in [0.25, 0.3) is 10.0 Å². The van der Waals surface area contributed by atoms with Crippen LogP contribution in [0.15, 0.2) is 40.6 Å². The van der Waals surface area contributed by atoms with E-state index in [-0.39, 0.29) is 30.8 Å². The highest BCUT2D eigenvalue weighted by Gasteiger charge is 2.34. The zero-order valence-corrected chi connectivity index (χ0v) is 16.8. The number of hydrogen-bond acceptors (Lipinski definition) is 5. The molecule has 1 unspecified atom stereocenters. The van der Waals surface area contributed by atoms with Gasteiger partial charge in [0.1, 0.15) is 4.21 Å². The zero-order chi connectivity index (χ0) is 18.0. The Morgan fingerprint density at radius 2 is 2.00 bits per heavy atom. The first-order valence-electron chi connectivity index (χ1n) is 8.10. The van der Waals surface area contributed by atoms with Crippen LogP contribution >= 0.6 is 23.7 Å². The van der Waals surface area contributed by atoms with E-state index >= 15 is 0 Å². The molecule has 1 saturated heterocycles. The van der Waals surface area contributed by atoms with Gasteiger partial charge in [0.05, 0.1) is 17.3 Å². The molecule has 0 saturated carbocycles. The van der Waals surface area contributed by atoms with Crippen molar-refractivity contribution < 1.29 is 13.2 Å². The van der Waals surface area contributed by atoms with Gasteiger partial charge < -0.3 is 11.1 Å². The predicted octanol–water partition coefficient (Wildman–Crippen LogP) is 3.10. The van der Waals surface area contributed by atoms with Crippen LogP contribution in [0, 0.1) is 12.8 Å². The highest BCUT2D eigenvalue weighted by Crippen LogP contribution is 2.29. The number of benzene rings is 1. The molecule has 0 aliphatic carbocycles. The van der Waals surface area contributed by atoms with Gasteiger partial charge in [-0.25, -0.2) is 8.42 Å². The van der Waals surface area contributed by atoms with E-state index < -0.39 is 10.0 Å². The number of nitrogens with two attached hydrogens (primary N) is 1. The maximum Gasteiger partial charge on any atom is 0.252 e. The molecule has 1 amide bonds. The van der Waals surface area contributed by atoms with Crippen LogP contribution in [0.25, 0.3) is 0 Å². The second-order valence-electron chi connectivity index (χ2n) is 6.14. The number of sulfonamides is 1. The van der Waals surface area contributed by atoms with Gasteiger partial charge >= 0.3 is 0 Å². The Kier molecular flexibility index (Phi) is 6.68. The Bertz CT molecular complexity index is 883. The van der Waals surface area contributed by atoms with Crippen molar-refractivity contribution in [3.8, 4) is 0 Å². The number of anilines is 2. The van der Waals surface area contributed by atoms with Crippen molar-refractivity contribution in [3.63, 3.8) is 0 Å². The molecule has 0 bridgehead atoms. The Morgan fingerprint density at radius 3 is 2.65 bits per heavy atom. The Hall–Kier alpha value is -1.61. The Morgan fingerprint density at radius 1 is 1.27 bits per heavy atom. The number of nitrogens with zero attached hydrogens (tertiary/aromatic N) is 1. The molecule has 3 N–H and O–H groups in total. The molecule has 2 aromatic rings. The first-order valence-corrected chi connectivity index (χ1v) is 10.4. The number of piperidine rings is 1. The van der Waals surface area contributed by atoms with E-state index in [1.165, 1.54) is 15.6 Å². The second-order valence-corrected chi connectivity index (χ2v) is 9.60. The molecule has 1 aliphatic rings. The number of nitrogen functional groups attached to an aromatic ring is 1. The molecule has 26 heavy (non-hydrogen) atoms. The summed E-state index contributed by atoms with van der Waals surface area (Å²) in [5.74, 6) is -0.579. The fourth-order valence-electron chi connectivity index (χ4n) is 2.90. The van der Waals surface area contributed by atoms with Gasteiger partial charge in [-0.05, 0) is 44.0 Å². The molecule has 3 rings (SSSR count). The van der Waals surface area contributed by atoms with Gasteiger partial charge in [0.15, 0.2) is 0 Å². The predicted molar refractivity (Wildman–Crippen MR) is 107 cm³/mol. The third-order valence-electron chi connectivity index (χ3n) is 4.28. The molecule has 142 valence electrons. The van der Waals surface area contributed by atoms with Crippen molar-refractivity contribution in [3.05, 3.63) is 41.3 Å². The van der Waals surface area contributed by atoms with Crippen LogP contribution in [0.3, 0.4) is 0 Å². The molecular weight excluding hydrogens is 394 g/mol. The molecule has 0 radical (unpaired) electrons. The van der Waals surface area contributed by atoms with E-state index in [4.69, 9.17) is 5.73 Å². The minimum absolute atomic E-state index is 0. The van der Waals surface area contributed by atoms with Crippen molar-refractivity contribution >= 4 is 51.0 Å². The number of para-hydroxylation sites is 2. The van der Waals surface area contributed by atoms with E-state index in [1.807, 2.05) is 6.92 Å². The number of hydrogen-bond donors (Lipinski definition) is 2. The molecule has 1 aliphatic heterocycles. The van der Waals surface area contributed by atoms with Crippen LogP contribution in [0.1, 0.15) is 17.7 Å². The summed E-state index contributed by atoms with van der Waals surface area (Å²) >= 11 is 1.26. The van der Waals surface area contributed by atoms with Crippen molar-refractivity contribution in [2.24, 2.45) is 5.92 Å². The molecule has 2 heterocycles. The monoisotopic (exact) mass is 415 g/mol. The van der Waals surface area contributed by atoms with E-state index in [9.17, 15) is 13.2 Å². The summed E-state index contributed by atoms with van der Waals surface area (Å²) in [6.07, 6.45) is 1.32. The average molecular weight is 416 g/mol. The topological polar surface area (TPSA) is 92.5 Å². The zero-order valence-electron chi connectivity index (χ0n) is 14.3. The maximum atomic E-state index is 12.8. The number of thiophene rings is 1. The van der Waals surface area contributed by atoms with Crippen LogP contribution in [-0.2, 0) is 14.8 Å². The van der Waals surface area contributed by atoms with Gasteiger partial charge in [-0.2, -0.15) is 4.31 Å². The van der Waals surface area contributed by atoms with E-state index in [1.54, 1.807) is 36.4 Å². The van der Waals surface area contributed by atoms with Crippen LogP contribution in [0.5, 0.6) is 0 Å². The lowest BCUT2D eigenvalue weighted by atomic mass is 9.98. The van der Waals surface area contributed by atoms with Crippen LogP contribution in [0.2, 0.25) is 0 Å². The third-order valence-corrected chi connectivity index (χ3v) is 7.62.